The number of pyridine rings is 1. The maximum atomic E-state index is 5.88. The molecule has 2 nitrogen and oxygen atoms in total. The third-order valence-electron chi connectivity index (χ3n) is 1.75. The fraction of sp³-hybridized carbons (Fsp3) is 0.444. The number of nitrogens with zero attached hydrogens (tertiary/aromatic N) is 1. The number of halogens is 2. The Morgan fingerprint density at radius 3 is 2.23 bits per heavy atom. The monoisotopic (exact) mass is 222 g/mol. The van der Waals surface area contributed by atoms with Gasteiger partial charge in [0.25, 0.3) is 0 Å². The van der Waals surface area contributed by atoms with Crippen LogP contribution in [0.4, 0.5) is 0 Å². The Kier molecular flexibility index (Phi) is 8.32. The molecule has 1 aromatic rings. The van der Waals surface area contributed by atoms with E-state index in [-0.39, 0.29) is 30.9 Å². The number of nitrogens with two attached hydrogens (primary N) is 1. The van der Waals surface area contributed by atoms with Gasteiger partial charge >= 0.3 is 0 Å². The molecule has 0 amide bonds. The van der Waals surface area contributed by atoms with Gasteiger partial charge in [-0.2, -0.15) is 0 Å². The van der Waals surface area contributed by atoms with Crippen molar-refractivity contribution in [1.29, 1.82) is 0 Å². The minimum absolute atomic E-state index is 0. The zero-order chi connectivity index (χ0) is 8.27. The molecule has 0 aliphatic heterocycles. The van der Waals surface area contributed by atoms with Crippen molar-refractivity contribution in [1.82, 2.24) is 4.98 Å². The van der Waals surface area contributed by atoms with E-state index in [1.807, 2.05) is 18.2 Å². The first-order chi connectivity index (χ1) is 5.22. The normalized spacial score (nSPS) is 11.4. The van der Waals surface area contributed by atoms with E-state index in [1.165, 1.54) is 0 Å². The largest absolute Gasteiger partial charge is 0.322 e. The second-order valence-corrected chi connectivity index (χ2v) is 3.02. The molecule has 0 unspecified atom stereocenters. The summed E-state index contributed by atoms with van der Waals surface area (Å²) in [6.45, 7) is 4.19. The average molecular weight is 223 g/mol. The molecule has 1 atom stereocenters. The molecule has 0 saturated heterocycles. The number of hydrogen-bond donors (Lipinski definition) is 1. The minimum Gasteiger partial charge on any atom is -0.322 e. The van der Waals surface area contributed by atoms with Gasteiger partial charge in [-0.1, -0.05) is 19.9 Å². The summed E-state index contributed by atoms with van der Waals surface area (Å²) >= 11 is 0. The van der Waals surface area contributed by atoms with Crippen LogP contribution in [-0.4, -0.2) is 4.98 Å². The Morgan fingerprint density at radius 1 is 1.23 bits per heavy atom. The second kappa shape index (κ2) is 7.13. The van der Waals surface area contributed by atoms with Gasteiger partial charge in [0.1, 0.15) is 0 Å². The number of hydrogen-bond acceptors (Lipinski definition) is 2. The maximum Gasteiger partial charge on any atom is 0.0573 e. The molecule has 0 spiro atoms. The van der Waals surface area contributed by atoms with Gasteiger partial charge in [0.2, 0.25) is 0 Å². The molecule has 4 heteroatoms. The van der Waals surface area contributed by atoms with Crippen LogP contribution in [0.1, 0.15) is 25.6 Å². The van der Waals surface area contributed by atoms with Crippen molar-refractivity contribution in [2.75, 3.05) is 0 Å². The highest BCUT2D eigenvalue weighted by Gasteiger charge is 2.09. The molecule has 0 bridgehead atoms. The lowest BCUT2D eigenvalue weighted by Gasteiger charge is -2.13. The molecule has 0 aliphatic carbocycles. The van der Waals surface area contributed by atoms with Gasteiger partial charge < -0.3 is 5.73 Å². The second-order valence-electron chi connectivity index (χ2n) is 3.02. The summed E-state index contributed by atoms with van der Waals surface area (Å²) in [6, 6.07) is 5.89. The molecule has 1 rings (SSSR count). The van der Waals surface area contributed by atoms with Crippen LogP contribution >= 0.6 is 24.8 Å². The number of aromatic nitrogens is 1. The molecule has 76 valence electrons. The number of rotatable bonds is 2. The molecule has 1 heterocycles. The van der Waals surface area contributed by atoms with E-state index in [4.69, 9.17) is 5.73 Å². The van der Waals surface area contributed by atoms with Crippen LogP contribution in [-0.2, 0) is 0 Å². The van der Waals surface area contributed by atoms with Gasteiger partial charge in [0.15, 0.2) is 0 Å². The summed E-state index contributed by atoms with van der Waals surface area (Å²) in [4.78, 5) is 4.17. The molecule has 1 aromatic heterocycles. The summed E-state index contributed by atoms with van der Waals surface area (Å²) in [6.07, 6.45) is 1.78. The Balaban J connectivity index is 0. The smallest absolute Gasteiger partial charge is 0.0573 e. The predicted molar refractivity (Wildman–Crippen MR) is 60.5 cm³/mol. The average Bonchev–Trinajstić information content (AvgIpc) is 2.05. The molecular formula is C9H16Cl2N2. The molecular weight excluding hydrogens is 207 g/mol. The quantitative estimate of drug-likeness (QED) is 0.836. The maximum absolute atomic E-state index is 5.88. The summed E-state index contributed by atoms with van der Waals surface area (Å²) in [7, 11) is 0. The molecule has 2 N–H and O–H groups in total. The van der Waals surface area contributed by atoms with Gasteiger partial charge in [-0.25, -0.2) is 0 Å². The summed E-state index contributed by atoms with van der Waals surface area (Å²) in [5.74, 6) is 0.449. The van der Waals surface area contributed by atoms with Crippen LogP contribution in [0.2, 0.25) is 0 Å². The van der Waals surface area contributed by atoms with Crippen LogP contribution in [0.15, 0.2) is 24.4 Å². The summed E-state index contributed by atoms with van der Waals surface area (Å²) < 4.78 is 0. The van der Waals surface area contributed by atoms with Crippen molar-refractivity contribution in [3.63, 3.8) is 0 Å². The molecule has 0 aromatic carbocycles. The zero-order valence-corrected chi connectivity index (χ0v) is 9.44. The van der Waals surface area contributed by atoms with Crippen molar-refractivity contribution in [2.45, 2.75) is 19.9 Å². The van der Waals surface area contributed by atoms with E-state index in [0.29, 0.717) is 5.92 Å². The van der Waals surface area contributed by atoms with E-state index < -0.39 is 0 Å². The fourth-order valence-electron chi connectivity index (χ4n) is 0.915. The van der Waals surface area contributed by atoms with Crippen LogP contribution in [0.25, 0.3) is 0 Å². The standard InChI is InChI=1S/C9H14N2.2ClH/c1-7(2)9(10)8-5-3-4-6-11-8;;/h3-7,9H,10H2,1-2H3;2*1H/t9-;;/m0../s1. The van der Waals surface area contributed by atoms with E-state index in [1.54, 1.807) is 6.20 Å². The van der Waals surface area contributed by atoms with E-state index in [9.17, 15) is 0 Å². The van der Waals surface area contributed by atoms with Crippen molar-refractivity contribution in [2.24, 2.45) is 11.7 Å². The molecule has 0 saturated carbocycles. The van der Waals surface area contributed by atoms with Gasteiger partial charge in [0, 0.05) is 12.2 Å². The lowest BCUT2D eigenvalue weighted by molar-refractivity contribution is 0.503. The highest BCUT2D eigenvalue weighted by Crippen LogP contribution is 2.15. The lowest BCUT2D eigenvalue weighted by atomic mass is 10.0. The zero-order valence-electron chi connectivity index (χ0n) is 7.81. The molecule has 0 aliphatic rings. The van der Waals surface area contributed by atoms with Crippen LogP contribution < -0.4 is 5.73 Å². The third kappa shape index (κ3) is 4.46. The Morgan fingerprint density at radius 2 is 1.85 bits per heavy atom. The van der Waals surface area contributed by atoms with Gasteiger partial charge in [-0.05, 0) is 18.1 Å². The van der Waals surface area contributed by atoms with Crippen molar-refractivity contribution >= 4 is 24.8 Å². The lowest BCUT2D eigenvalue weighted by Crippen LogP contribution is -2.17. The van der Waals surface area contributed by atoms with Gasteiger partial charge in [0.05, 0.1) is 5.69 Å². The third-order valence-corrected chi connectivity index (χ3v) is 1.75. The van der Waals surface area contributed by atoms with Crippen LogP contribution in [0, 0.1) is 5.92 Å². The predicted octanol–water partition coefficient (Wildman–Crippen LogP) is 2.58. The highest BCUT2D eigenvalue weighted by atomic mass is 35.5. The van der Waals surface area contributed by atoms with E-state index in [2.05, 4.69) is 18.8 Å². The van der Waals surface area contributed by atoms with Crippen LogP contribution in [0.5, 0.6) is 0 Å². The minimum atomic E-state index is 0. The van der Waals surface area contributed by atoms with Gasteiger partial charge in [-0.15, -0.1) is 24.8 Å². The van der Waals surface area contributed by atoms with Crippen LogP contribution in [0.3, 0.4) is 0 Å². The fourth-order valence-corrected chi connectivity index (χ4v) is 0.915. The molecule has 13 heavy (non-hydrogen) atoms. The molecule has 0 fully saturated rings. The first-order valence-electron chi connectivity index (χ1n) is 3.88. The summed E-state index contributed by atoms with van der Waals surface area (Å²) in [5.41, 5.74) is 6.85. The Labute approximate surface area is 91.8 Å². The van der Waals surface area contributed by atoms with Gasteiger partial charge in [-0.3, -0.25) is 4.98 Å². The van der Waals surface area contributed by atoms with E-state index >= 15 is 0 Å². The summed E-state index contributed by atoms with van der Waals surface area (Å²) in [5, 5.41) is 0. The first kappa shape index (κ1) is 15.2. The first-order valence-corrected chi connectivity index (χ1v) is 3.88. The molecule has 0 radical (unpaired) electrons. The van der Waals surface area contributed by atoms with Crippen molar-refractivity contribution < 1.29 is 0 Å². The Bertz CT molecular complexity index is 214. The highest BCUT2D eigenvalue weighted by molar-refractivity contribution is 5.85. The van der Waals surface area contributed by atoms with Crippen molar-refractivity contribution in [3.05, 3.63) is 30.1 Å². The SMILES string of the molecule is CC(C)[C@H](N)c1ccccn1.Cl.Cl. The topological polar surface area (TPSA) is 38.9 Å². The van der Waals surface area contributed by atoms with E-state index in [0.717, 1.165) is 5.69 Å². The van der Waals surface area contributed by atoms with Crippen molar-refractivity contribution in [3.8, 4) is 0 Å². The Hall–Kier alpha value is -0.310.